The molecule has 1 aromatic heterocycles. The number of carbonyl (C=O) groups excluding carboxylic acids is 1. The average molecular weight is 271 g/mol. The van der Waals surface area contributed by atoms with E-state index in [-0.39, 0.29) is 5.91 Å². The van der Waals surface area contributed by atoms with Gasteiger partial charge in [-0.3, -0.25) is 4.79 Å². The molecular weight excluding hydrogens is 254 g/mol. The third-order valence-electron chi connectivity index (χ3n) is 3.52. The maximum atomic E-state index is 12.1. The van der Waals surface area contributed by atoms with Gasteiger partial charge in [0.2, 0.25) is 0 Å². The number of aryl methyl sites for hydroxylation is 1. The van der Waals surface area contributed by atoms with Crippen LogP contribution >= 0.6 is 0 Å². The second-order valence-corrected chi connectivity index (χ2v) is 4.91. The van der Waals surface area contributed by atoms with Gasteiger partial charge in [-0.2, -0.15) is 0 Å². The first-order valence-corrected chi connectivity index (χ1v) is 6.72. The smallest absolute Gasteiger partial charge is 0.251 e. The number of benzene rings is 1. The molecule has 0 aliphatic carbocycles. The van der Waals surface area contributed by atoms with Gasteiger partial charge < -0.3 is 15.2 Å². The predicted octanol–water partition coefficient (Wildman–Crippen LogP) is 0.756. The number of nitrogens with zero attached hydrogens (tertiary/aromatic N) is 3. The lowest BCUT2D eigenvalue weighted by atomic mass is 10.1. The molecule has 0 saturated heterocycles. The summed E-state index contributed by atoms with van der Waals surface area (Å²) in [7, 11) is 1.89. The maximum Gasteiger partial charge on any atom is 0.251 e. The van der Waals surface area contributed by atoms with Gasteiger partial charge in [0.15, 0.2) is 0 Å². The second kappa shape index (κ2) is 5.32. The maximum absolute atomic E-state index is 12.1. The summed E-state index contributed by atoms with van der Waals surface area (Å²) in [6.07, 6.45) is 3.31. The van der Waals surface area contributed by atoms with Gasteiger partial charge >= 0.3 is 0 Å². The fourth-order valence-electron chi connectivity index (χ4n) is 2.37. The Morgan fingerprint density at radius 2 is 2.40 bits per heavy atom. The number of hydrogen-bond donors (Lipinski definition) is 2. The summed E-state index contributed by atoms with van der Waals surface area (Å²) >= 11 is 0. The third-order valence-corrected chi connectivity index (χ3v) is 3.52. The lowest BCUT2D eigenvalue weighted by molar-refractivity contribution is 0.0954. The van der Waals surface area contributed by atoms with Crippen LogP contribution in [-0.4, -0.2) is 33.8 Å². The van der Waals surface area contributed by atoms with Crippen LogP contribution in [0.15, 0.2) is 24.5 Å². The van der Waals surface area contributed by atoms with Crippen LogP contribution in [-0.2, 0) is 19.9 Å². The van der Waals surface area contributed by atoms with Crippen LogP contribution in [0.5, 0.6) is 0 Å². The lowest BCUT2D eigenvalue weighted by Crippen LogP contribution is -2.26. The van der Waals surface area contributed by atoms with Crippen LogP contribution < -0.4 is 10.6 Å². The van der Waals surface area contributed by atoms with Gasteiger partial charge in [-0.25, -0.2) is 0 Å². The molecule has 2 heterocycles. The summed E-state index contributed by atoms with van der Waals surface area (Å²) in [5.41, 5.74) is 3.07. The van der Waals surface area contributed by atoms with E-state index in [2.05, 4.69) is 20.8 Å². The van der Waals surface area contributed by atoms with E-state index in [1.807, 2.05) is 29.8 Å². The zero-order valence-corrected chi connectivity index (χ0v) is 11.4. The Kier molecular flexibility index (Phi) is 3.37. The molecule has 0 atom stereocenters. The Morgan fingerprint density at radius 3 is 3.20 bits per heavy atom. The minimum Gasteiger partial charge on any atom is -0.384 e. The Hall–Kier alpha value is -2.37. The van der Waals surface area contributed by atoms with Crippen LogP contribution in [0.2, 0.25) is 0 Å². The van der Waals surface area contributed by atoms with E-state index >= 15 is 0 Å². The number of carbonyl (C=O) groups is 1. The van der Waals surface area contributed by atoms with Gasteiger partial charge in [-0.05, 0) is 30.2 Å². The Labute approximate surface area is 117 Å². The van der Waals surface area contributed by atoms with Gasteiger partial charge in [0.25, 0.3) is 5.91 Å². The number of nitrogens with one attached hydrogen (secondary N) is 2. The zero-order chi connectivity index (χ0) is 13.9. The summed E-state index contributed by atoms with van der Waals surface area (Å²) < 4.78 is 1.85. The molecule has 0 saturated carbocycles. The highest BCUT2D eigenvalue weighted by molar-refractivity contribution is 5.95. The largest absolute Gasteiger partial charge is 0.384 e. The molecule has 0 radical (unpaired) electrons. The van der Waals surface area contributed by atoms with Crippen LogP contribution in [0.4, 0.5) is 5.69 Å². The van der Waals surface area contributed by atoms with Gasteiger partial charge in [0, 0.05) is 37.8 Å². The number of amides is 1. The van der Waals surface area contributed by atoms with E-state index in [9.17, 15) is 4.79 Å². The van der Waals surface area contributed by atoms with Crippen molar-refractivity contribution in [3.8, 4) is 0 Å². The summed E-state index contributed by atoms with van der Waals surface area (Å²) in [5, 5.41) is 14.0. The fraction of sp³-hybridized carbons (Fsp3) is 0.357. The molecule has 0 fully saturated rings. The first-order valence-electron chi connectivity index (χ1n) is 6.72. The van der Waals surface area contributed by atoms with Gasteiger partial charge in [0.1, 0.15) is 12.2 Å². The van der Waals surface area contributed by atoms with Crippen LogP contribution in [0.25, 0.3) is 0 Å². The van der Waals surface area contributed by atoms with E-state index in [1.165, 1.54) is 5.56 Å². The highest BCUT2D eigenvalue weighted by Gasteiger charge is 2.13. The van der Waals surface area contributed by atoms with Crippen LogP contribution in [0, 0.1) is 0 Å². The minimum absolute atomic E-state index is 0.0399. The first kappa shape index (κ1) is 12.7. The average Bonchev–Trinajstić information content (AvgIpc) is 3.07. The summed E-state index contributed by atoms with van der Waals surface area (Å²) in [4.78, 5) is 12.1. The molecule has 0 bridgehead atoms. The van der Waals surface area contributed by atoms with Crippen LogP contribution in [0.1, 0.15) is 21.7 Å². The number of rotatable bonds is 4. The van der Waals surface area contributed by atoms with Gasteiger partial charge in [-0.1, -0.05) is 0 Å². The van der Waals surface area contributed by atoms with Crippen molar-refractivity contribution in [1.82, 2.24) is 20.1 Å². The van der Waals surface area contributed by atoms with Crippen molar-refractivity contribution in [2.45, 2.75) is 12.8 Å². The van der Waals surface area contributed by atoms with Crippen molar-refractivity contribution >= 4 is 11.6 Å². The number of aromatic nitrogens is 3. The van der Waals surface area contributed by atoms with Crippen molar-refractivity contribution in [2.75, 3.05) is 18.4 Å². The molecule has 20 heavy (non-hydrogen) atoms. The van der Waals surface area contributed by atoms with Crippen molar-refractivity contribution in [2.24, 2.45) is 7.05 Å². The van der Waals surface area contributed by atoms with Gasteiger partial charge in [-0.15, -0.1) is 10.2 Å². The lowest BCUT2D eigenvalue weighted by Gasteiger charge is -2.06. The molecule has 0 spiro atoms. The normalized spacial score (nSPS) is 12.8. The van der Waals surface area contributed by atoms with Crippen molar-refractivity contribution < 1.29 is 4.79 Å². The molecule has 1 aromatic carbocycles. The Morgan fingerprint density at radius 1 is 1.50 bits per heavy atom. The molecular formula is C14H17N5O. The zero-order valence-electron chi connectivity index (χ0n) is 11.4. The molecule has 0 unspecified atom stereocenters. The fourth-order valence-corrected chi connectivity index (χ4v) is 2.37. The highest BCUT2D eigenvalue weighted by Crippen LogP contribution is 2.22. The number of fused-ring (bicyclic) bond motifs is 1. The van der Waals surface area contributed by atoms with E-state index in [1.54, 1.807) is 6.33 Å². The quantitative estimate of drug-likeness (QED) is 0.861. The highest BCUT2D eigenvalue weighted by atomic mass is 16.1. The Balaban J connectivity index is 1.58. The number of anilines is 1. The molecule has 6 nitrogen and oxygen atoms in total. The minimum atomic E-state index is -0.0399. The van der Waals surface area contributed by atoms with Crippen molar-refractivity contribution in [3.63, 3.8) is 0 Å². The predicted molar refractivity (Wildman–Crippen MR) is 75.7 cm³/mol. The molecule has 1 amide bonds. The van der Waals surface area contributed by atoms with E-state index in [0.29, 0.717) is 18.5 Å². The molecule has 1 aliphatic heterocycles. The van der Waals surface area contributed by atoms with E-state index in [0.717, 1.165) is 24.5 Å². The summed E-state index contributed by atoms with van der Waals surface area (Å²) in [6.45, 7) is 1.51. The van der Waals surface area contributed by atoms with Crippen LogP contribution in [0.3, 0.4) is 0 Å². The van der Waals surface area contributed by atoms with E-state index < -0.39 is 0 Å². The third kappa shape index (κ3) is 2.49. The monoisotopic (exact) mass is 271 g/mol. The number of hydrogen-bond acceptors (Lipinski definition) is 4. The van der Waals surface area contributed by atoms with Crippen molar-refractivity contribution in [1.29, 1.82) is 0 Å². The van der Waals surface area contributed by atoms with Gasteiger partial charge in [0.05, 0.1) is 0 Å². The van der Waals surface area contributed by atoms with Crippen molar-refractivity contribution in [3.05, 3.63) is 41.5 Å². The first-order chi connectivity index (χ1) is 9.74. The second-order valence-electron chi connectivity index (χ2n) is 4.91. The standard InChI is InChI=1S/C14H17N5O/c1-19-9-17-18-13(19)5-7-16-14(20)11-2-3-12-10(8-11)4-6-15-12/h2-3,8-9,15H,4-7H2,1H3,(H,16,20). The topological polar surface area (TPSA) is 71.8 Å². The molecule has 2 N–H and O–H groups in total. The molecule has 2 aromatic rings. The molecule has 1 aliphatic rings. The SMILES string of the molecule is Cn1cnnc1CCNC(=O)c1ccc2c(c1)CCN2. The molecule has 3 rings (SSSR count). The van der Waals surface area contributed by atoms with E-state index in [4.69, 9.17) is 0 Å². The summed E-state index contributed by atoms with van der Waals surface area (Å²) in [5.74, 6) is 0.824. The molecule has 6 heteroatoms. The Bertz CT molecular complexity index is 634. The molecule has 104 valence electrons. The summed E-state index contributed by atoms with van der Waals surface area (Å²) in [6, 6.07) is 5.79.